The van der Waals surface area contributed by atoms with Crippen molar-refractivity contribution in [3.63, 3.8) is 0 Å². The highest BCUT2D eigenvalue weighted by Crippen LogP contribution is 2.33. The number of anilines is 1. The first-order valence-electron chi connectivity index (χ1n) is 10.9. The molecule has 4 rings (SSSR count). The first kappa shape index (κ1) is 24.9. The number of ether oxygens (including phenoxy) is 1. The Morgan fingerprint density at radius 2 is 1.69 bits per heavy atom. The summed E-state index contributed by atoms with van der Waals surface area (Å²) >= 11 is 3.28. The van der Waals surface area contributed by atoms with Crippen LogP contribution in [-0.2, 0) is 26.2 Å². The second kappa shape index (κ2) is 10.6. The molecule has 1 heterocycles. The van der Waals surface area contributed by atoms with Gasteiger partial charge in [0.05, 0.1) is 23.7 Å². The largest absolute Gasteiger partial charge is 0.477 e. The van der Waals surface area contributed by atoms with E-state index in [2.05, 4.69) is 21.2 Å². The van der Waals surface area contributed by atoms with Crippen LogP contribution in [0.25, 0.3) is 0 Å². The molecule has 2 amide bonds. The van der Waals surface area contributed by atoms with Crippen molar-refractivity contribution in [2.45, 2.75) is 17.5 Å². The van der Waals surface area contributed by atoms with Crippen molar-refractivity contribution in [1.29, 1.82) is 0 Å². The van der Waals surface area contributed by atoms with Crippen LogP contribution in [0.2, 0.25) is 0 Å². The molecule has 0 radical (unpaired) electrons. The maximum absolute atomic E-state index is 13.3. The van der Waals surface area contributed by atoms with Crippen LogP contribution in [0.3, 0.4) is 0 Å². The molecule has 0 aliphatic carbocycles. The monoisotopic (exact) mass is 557 g/mol. The molecule has 35 heavy (non-hydrogen) atoms. The molecule has 0 saturated carbocycles. The van der Waals surface area contributed by atoms with E-state index in [1.807, 2.05) is 30.3 Å². The number of carbonyl (C=O) groups excluding carboxylic acids is 2. The Labute approximate surface area is 212 Å². The number of fused-ring (bicyclic) bond motifs is 1. The lowest BCUT2D eigenvalue weighted by molar-refractivity contribution is -0.128. The molecule has 8 nitrogen and oxygen atoms in total. The molecule has 10 heteroatoms. The zero-order valence-electron chi connectivity index (χ0n) is 18.9. The van der Waals surface area contributed by atoms with Crippen LogP contribution in [0.15, 0.2) is 88.2 Å². The van der Waals surface area contributed by atoms with E-state index in [-0.39, 0.29) is 17.3 Å². The van der Waals surface area contributed by atoms with Crippen LogP contribution < -0.4 is 15.0 Å². The standard InChI is InChI=1S/C25H24BrN3O5S/c1-28(35(32,33)20-13-11-19(26)12-14-20)17-24(30)29-16-23(34-22-10-6-5-9-21(22)29)25(31)27-15-18-7-3-2-4-8-18/h2-14,23H,15-17H2,1H3,(H,27,31). The lowest BCUT2D eigenvalue weighted by Crippen LogP contribution is -2.52. The number of likely N-dealkylation sites (N-methyl/N-ethyl adjacent to an activating group) is 1. The highest BCUT2D eigenvalue weighted by Gasteiger charge is 2.35. The SMILES string of the molecule is CN(CC(=O)N1CC(C(=O)NCc2ccccc2)Oc2ccccc21)S(=O)(=O)c1ccc(Br)cc1. The van der Waals surface area contributed by atoms with E-state index in [0.29, 0.717) is 18.0 Å². The minimum Gasteiger partial charge on any atom is -0.477 e. The van der Waals surface area contributed by atoms with Gasteiger partial charge in [0.25, 0.3) is 5.91 Å². The molecule has 182 valence electrons. The van der Waals surface area contributed by atoms with Gasteiger partial charge in [-0.3, -0.25) is 9.59 Å². The molecule has 0 bridgehead atoms. The second-order valence-electron chi connectivity index (χ2n) is 8.00. The summed E-state index contributed by atoms with van der Waals surface area (Å²) in [7, 11) is -2.53. The predicted octanol–water partition coefficient (Wildman–Crippen LogP) is 3.18. The molecule has 3 aromatic rings. The average molecular weight is 558 g/mol. The number of amides is 2. The van der Waals surface area contributed by atoms with E-state index < -0.39 is 28.6 Å². The maximum Gasteiger partial charge on any atom is 0.263 e. The van der Waals surface area contributed by atoms with Gasteiger partial charge in [-0.15, -0.1) is 0 Å². The van der Waals surface area contributed by atoms with Gasteiger partial charge in [-0.1, -0.05) is 58.4 Å². The van der Waals surface area contributed by atoms with Gasteiger partial charge in [0.15, 0.2) is 6.10 Å². The highest BCUT2D eigenvalue weighted by molar-refractivity contribution is 9.10. The number of benzene rings is 3. The average Bonchev–Trinajstić information content (AvgIpc) is 2.87. The maximum atomic E-state index is 13.3. The third-order valence-corrected chi connectivity index (χ3v) is 7.90. The third kappa shape index (κ3) is 5.72. The van der Waals surface area contributed by atoms with Crippen molar-refractivity contribution < 1.29 is 22.7 Å². The summed E-state index contributed by atoms with van der Waals surface area (Å²) in [6.45, 7) is -0.114. The van der Waals surface area contributed by atoms with Gasteiger partial charge in [0.1, 0.15) is 5.75 Å². The molecule has 3 aromatic carbocycles. The third-order valence-electron chi connectivity index (χ3n) is 5.56. The van der Waals surface area contributed by atoms with Gasteiger partial charge in [-0.2, -0.15) is 4.31 Å². The Balaban J connectivity index is 1.49. The van der Waals surface area contributed by atoms with Crippen LogP contribution in [0.5, 0.6) is 5.75 Å². The second-order valence-corrected chi connectivity index (χ2v) is 11.0. The van der Waals surface area contributed by atoms with Crippen molar-refractivity contribution >= 4 is 43.5 Å². The molecule has 1 aliphatic rings. The van der Waals surface area contributed by atoms with Crippen molar-refractivity contribution in [1.82, 2.24) is 9.62 Å². The zero-order valence-corrected chi connectivity index (χ0v) is 21.3. The summed E-state index contributed by atoms with van der Waals surface area (Å²) in [6.07, 6.45) is -0.939. The fourth-order valence-electron chi connectivity index (χ4n) is 3.65. The number of para-hydroxylation sites is 2. The van der Waals surface area contributed by atoms with Crippen molar-refractivity contribution in [3.05, 3.63) is 88.9 Å². The lowest BCUT2D eigenvalue weighted by atomic mass is 10.1. The Morgan fingerprint density at radius 3 is 2.40 bits per heavy atom. The molecule has 0 saturated heterocycles. The van der Waals surface area contributed by atoms with E-state index in [1.165, 1.54) is 24.1 Å². The zero-order chi connectivity index (χ0) is 25.0. The van der Waals surface area contributed by atoms with Crippen LogP contribution in [-0.4, -0.2) is 50.8 Å². The topological polar surface area (TPSA) is 96.0 Å². The van der Waals surface area contributed by atoms with Gasteiger partial charge in [-0.25, -0.2) is 8.42 Å². The number of nitrogens with zero attached hydrogens (tertiary/aromatic N) is 2. The summed E-state index contributed by atoms with van der Waals surface area (Å²) in [5.41, 5.74) is 1.42. The quantitative estimate of drug-likeness (QED) is 0.481. The lowest BCUT2D eigenvalue weighted by Gasteiger charge is -2.35. The van der Waals surface area contributed by atoms with E-state index in [9.17, 15) is 18.0 Å². The molecular weight excluding hydrogens is 534 g/mol. The van der Waals surface area contributed by atoms with Crippen molar-refractivity contribution in [2.75, 3.05) is 25.0 Å². The van der Waals surface area contributed by atoms with E-state index in [4.69, 9.17) is 4.74 Å². The fourth-order valence-corrected chi connectivity index (χ4v) is 5.04. The van der Waals surface area contributed by atoms with Crippen molar-refractivity contribution in [3.8, 4) is 5.75 Å². The highest BCUT2D eigenvalue weighted by atomic mass is 79.9. The number of nitrogens with one attached hydrogen (secondary N) is 1. The number of sulfonamides is 1. The first-order valence-corrected chi connectivity index (χ1v) is 13.1. The molecule has 1 N–H and O–H groups in total. The Bertz CT molecular complexity index is 1320. The Morgan fingerprint density at radius 1 is 1.03 bits per heavy atom. The van der Waals surface area contributed by atoms with Gasteiger partial charge < -0.3 is 15.0 Å². The van der Waals surface area contributed by atoms with Gasteiger partial charge >= 0.3 is 0 Å². The molecule has 1 aliphatic heterocycles. The normalized spacial score (nSPS) is 15.3. The van der Waals surface area contributed by atoms with Crippen LogP contribution >= 0.6 is 15.9 Å². The van der Waals surface area contributed by atoms with Gasteiger partial charge in [-0.05, 0) is 42.0 Å². The minimum atomic E-state index is -3.88. The van der Waals surface area contributed by atoms with Gasteiger partial charge in [0, 0.05) is 18.1 Å². The number of rotatable bonds is 7. The van der Waals surface area contributed by atoms with Gasteiger partial charge in [0.2, 0.25) is 15.9 Å². The summed E-state index contributed by atoms with van der Waals surface area (Å²) < 4.78 is 33.5. The van der Waals surface area contributed by atoms with Crippen LogP contribution in [0, 0.1) is 0 Å². The van der Waals surface area contributed by atoms with Crippen LogP contribution in [0.1, 0.15) is 5.56 Å². The van der Waals surface area contributed by atoms with E-state index in [0.717, 1.165) is 14.3 Å². The number of carbonyl (C=O) groups is 2. The Hall–Kier alpha value is -3.21. The number of hydrogen-bond donors (Lipinski definition) is 1. The smallest absolute Gasteiger partial charge is 0.263 e. The molecule has 0 spiro atoms. The molecule has 0 aromatic heterocycles. The van der Waals surface area contributed by atoms with E-state index in [1.54, 1.807) is 36.4 Å². The molecular formula is C25H24BrN3O5S. The van der Waals surface area contributed by atoms with Crippen molar-refractivity contribution in [2.24, 2.45) is 0 Å². The summed E-state index contributed by atoms with van der Waals surface area (Å²) in [5.74, 6) is -0.452. The summed E-state index contributed by atoms with van der Waals surface area (Å²) in [6, 6.07) is 22.5. The predicted molar refractivity (Wildman–Crippen MR) is 135 cm³/mol. The molecule has 1 atom stereocenters. The minimum absolute atomic E-state index is 0.0390. The summed E-state index contributed by atoms with van der Waals surface area (Å²) in [5, 5.41) is 2.84. The summed E-state index contributed by atoms with van der Waals surface area (Å²) in [4.78, 5) is 27.6. The van der Waals surface area contributed by atoms with Crippen LogP contribution in [0.4, 0.5) is 5.69 Å². The van der Waals surface area contributed by atoms with E-state index >= 15 is 0 Å². The number of halogens is 1. The molecule has 1 unspecified atom stereocenters. The number of hydrogen-bond acceptors (Lipinski definition) is 5. The molecule has 0 fully saturated rings. The Kier molecular flexibility index (Phi) is 7.54. The fraction of sp³-hybridized carbons (Fsp3) is 0.200. The first-order chi connectivity index (χ1) is 16.8.